The van der Waals surface area contributed by atoms with Gasteiger partial charge in [-0.25, -0.2) is 0 Å². The van der Waals surface area contributed by atoms with E-state index >= 15 is 0 Å². The van der Waals surface area contributed by atoms with Gasteiger partial charge in [-0.15, -0.1) is 0 Å². The van der Waals surface area contributed by atoms with Crippen LogP contribution in [0.15, 0.2) is 84.9 Å². The SMILES string of the molecule is COc1ccc(-c2cc3n(n2)CC(C)(C(=O)NCc2ccccc2OC)N(Cc2ccccc2)C3=O)cc1. The average molecular weight is 511 g/mol. The molecule has 1 aliphatic rings. The lowest BCUT2D eigenvalue weighted by Gasteiger charge is -2.43. The van der Waals surface area contributed by atoms with Crippen LogP contribution in [-0.4, -0.2) is 46.3 Å². The van der Waals surface area contributed by atoms with Gasteiger partial charge in [0.2, 0.25) is 5.91 Å². The Hall–Kier alpha value is -4.59. The monoisotopic (exact) mass is 510 g/mol. The molecule has 1 aliphatic heterocycles. The molecule has 8 nitrogen and oxygen atoms in total. The average Bonchev–Trinajstić information content (AvgIpc) is 3.38. The quantitative estimate of drug-likeness (QED) is 0.382. The molecule has 4 aromatic rings. The molecule has 2 heterocycles. The van der Waals surface area contributed by atoms with Crippen molar-refractivity contribution < 1.29 is 19.1 Å². The summed E-state index contributed by atoms with van der Waals surface area (Å²) in [4.78, 5) is 29.3. The van der Waals surface area contributed by atoms with Crippen LogP contribution in [0, 0.1) is 0 Å². The molecule has 0 saturated carbocycles. The Morgan fingerprint density at radius 2 is 1.68 bits per heavy atom. The molecule has 194 valence electrons. The normalized spacial score (nSPS) is 16.6. The van der Waals surface area contributed by atoms with Gasteiger partial charge in [-0.1, -0.05) is 48.5 Å². The van der Waals surface area contributed by atoms with Crippen LogP contribution in [0.5, 0.6) is 11.5 Å². The molecule has 1 unspecified atom stereocenters. The van der Waals surface area contributed by atoms with E-state index < -0.39 is 5.54 Å². The molecule has 0 bridgehead atoms. The largest absolute Gasteiger partial charge is 0.497 e. The van der Waals surface area contributed by atoms with Crippen molar-refractivity contribution in [2.45, 2.75) is 32.1 Å². The predicted molar refractivity (Wildman–Crippen MR) is 144 cm³/mol. The Morgan fingerprint density at radius 3 is 2.39 bits per heavy atom. The maximum absolute atomic E-state index is 13.9. The summed E-state index contributed by atoms with van der Waals surface area (Å²) < 4.78 is 12.3. The predicted octanol–water partition coefficient (Wildman–Crippen LogP) is 4.30. The second kappa shape index (κ2) is 10.4. The molecule has 3 aromatic carbocycles. The number of hydrogen-bond donors (Lipinski definition) is 1. The number of fused-ring (bicyclic) bond motifs is 1. The minimum absolute atomic E-state index is 0.217. The molecule has 8 heteroatoms. The molecule has 1 aromatic heterocycles. The zero-order valence-corrected chi connectivity index (χ0v) is 21.7. The van der Waals surface area contributed by atoms with Crippen LogP contribution in [-0.2, 0) is 24.4 Å². The minimum Gasteiger partial charge on any atom is -0.497 e. The van der Waals surface area contributed by atoms with Gasteiger partial charge in [0.15, 0.2) is 0 Å². The van der Waals surface area contributed by atoms with Gasteiger partial charge in [0.05, 0.1) is 26.5 Å². The van der Waals surface area contributed by atoms with Crippen LogP contribution in [0.3, 0.4) is 0 Å². The standard InChI is InChI=1S/C30H30N4O4/c1-30(29(36)31-18-23-11-7-8-12-27(23)38-3)20-34-26(28(35)33(30)19-21-9-5-4-6-10-21)17-25(32-34)22-13-15-24(37-2)16-14-22/h4-17H,18-20H2,1-3H3,(H,31,36). The Bertz CT molecular complexity index is 1450. The van der Waals surface area contributed by atoms with Crippen LogP contribution in [0.25, 0.3) is 11.3 Å². The number of para-hydroxylation sites is 1. The third kappa shape index (κ3) is 4.72. The number of methoxy groups -OCH3 is 2. The number of nitrogens with one attached hydrogen (secondary N) is 1. The highest BCUT2D eigenvalue weighted by Crippen LogP contribution is 2.32. The molecule has 2 amide bonds. The topological polar surface area (TPSA) is 85.7 Å². The van der Waals surface area contributed by atoms with Gasteiger partial charge >= 0.3 is 0 Å². The molecule has 0 fully saturated rings. The lowest BCUT2D eigenvalue weighted by molar-refractivity contribution is -0.133. The van der Waals surface area contributed by atoms with E-state index in [1.54, 1.807) is 36.8 Å². The molecular weight excluding hydrogens is 480 g/mol. The number of rotatable bonds is 8. The highest BCUT2D eigenvalue weighted by Gasteiger charge is 2.48. The molecule has 38 heavy (non-hydrogen) atoms. The molecule has 0 radical (unpaired) electrons. The first kappa shape index (κ1) is 25.1. The van der Waals surface area contributed by atoms with Gasteiger partial charge in [-0.3, -0.25) is 14.3 Å². The highest BCUT2D eigenvalue weighted by molar-refractivity contribution is 6.00. The van der Waals surface area contributed by atoms with Crippen LogP contribution in [0.1, 0.15) is 28.5 Å². The Balaban J connectivity index is 1.48. The second-order valence-electron chi connectivity index (χ2n) is 9.45. The van der Waals surface area contributed by atoms with E-state index in [1.807, 2.05) is 78.9 Å². The molecule has 1 atom stereocenters. The third-order valence-electron chi connectivity index (χ3n) is 6.99. The number of nitrogens with zero attached hydrogens (tertiary/aromatic N) is 3. The van der Waals surface area contributed by atoms with Crippen LogP contribution >= 0.6 is 0 Å². The number of ether oxygens (including phenoxy) is 2. The van der Waals surface area contributed by atoms with Crippen molar-refractivity contribution in [3.05, 3.63) is 102 Å². The van der Waals surface area contributed by atoms with Crippen molar-refractivity contribution in [1.29, 1.82) is 0 Å². The highest BCUT2D eigenvalue weighted by atomic mass is 16.5. The first-order valence-electron chi connectivity index (χ1n) is 12.4. The molecule has 5 rings (SSSR count). The lowest BCUT2D eigenvalue weighted by Crippen LogP contribution is -2.63. The number of carbonyl (C=O) groups excluding carboxylic acids is 2. The van der Waals surface area contributed by atoms with Gasteiger partial charge in [-0.2, -0.15) is 5.10 Å². The summed E-state index contributed by atoms with van der Waals surface area (Å²) in [6.07, 6.45) is 0. The number of benzene rings is 3. The molecule has 0 saturated heterocycles. The molecule has 1 N–H and O–H groups in total. The fraction of sp³-hybridized carbons (Fsp3) is 0.233. The van der Waals surface area contributed by atoms with Gasteiger partial charge in [0, 0.05) is 24.2 Å². The summed E-state index contributed by atoms with van der Waals surface area (Å²) >= 11 is 0. The summed E-state index contributed by atoms with van der Waals surface area (Å²) in [5.41, 5.74) is 2.58. The lowest BCUT2D eigenvalue weighted by atomic mass is 9.94. The summed E-state index contributed by atoms with van der Waals surface area (Å²) in [6, 6.07) is 26.5. The van der Waals surface area contributed by atoms with Crippen molar-refractivity contribution in [2.75, 3.05) is 14.2 Å². The van der Waals surface area contributed by atoms with E-state index in [-0.39, 0.29) is 24.9 Å². The van der Waals surface area contributed by atoms with E-state index in [0.29, 0.717) is 23.7 Å². The zero-order valence-electron chi connectivity index (χ0n) is 21.7. The van der Waals surface area contributed by atoms with Crippen LogP contribution in [0.2, 0.25) is 0 Å². The zero-order chi connectivity index (χ0) is 26.7. The van der Waals surface area contributed by atoms with E-state index in [0.717, 1.165) is 22.4 Å². The van der Waals surface area contributed by atoms with Gasteiger partial charge in [0.25, 0.3) is 5.91 Å². The van der Waals surface area contributed by atoms with Crippen molar-refractivity contribution in [3.8, 4) is 22.8 Å². The van der Waals surface area contributed by atoms with Crippen molar-refractivity contribution in [3.63, 3.8) is 0 Å². The van der Waals surface area contributed by atoms with Crippen LogP contribution < -0.4 is 14.8 Å². The van der Waals surface area contributed by atoms with Crippen molar-refractivity contribution in [2.24, 2.45) is 0 Å². The summed E-state index contributed by atoms with van der Waals surface area (Å²) in [5.74, 6) is 0.918. The van der Waals surface area contributed by atoms with Gasteiger partial charge in [0.1, 0.15) is 22.7 Å². The summed E-state index contributed by atoms with van der Waals surface area (Å²) in [7, 11) is 3.22. The number of hydrogen-bond acceptors (Lipinski definition) is 5. The fourth-order valence-electron chi connectivity index (χ4n) is 4.77. The molecule has 0 aliphatic carbocycles. The minimum atomic E-state index is -1.18. The van der Waals surface area contributed by atoms with Gasteiger partial charge < -0.3 is 19.7 Å². The number of amides is 2. The first-order valence-corrected chi connectivity index (χ1v) is 12.4. The van der Waals surface area contributed by atoms with E-state index in [4.69, 9.17) is 14.6 Å². The summed E-state index contributed by atoms with van der Waals surface area (Å²) in [5, 5.41) is 7.75. The number of carbonyl (C=O) groups is 2. The van der Waals surface area contributed by atoms with E-state index in [1.165, 1.54) is 0 Å². The van der Waals surface area contributed by atoms with Crippen LogP contribution in [0.4, 0.5) is 0 Å². The van der Waals surface area contributed by atoms with E-state index in [2.05, 4.69) is 5.32 Å². The maximum atomic E-state index is 13.9. The fourth-order valence-corrected chi connectivity index (χ4v) is 4.77. The van der Waals surface area contributed by atoms with E-state index in [9.17, 15) is 9.59 Å². The second-order valence-corrected chi connectivity index (χ2v) is 9.45. The first-order chi connectivity index (χ1) is 18.4. The van der Waals surface area contributed by atoms with Crippen molar-refractivity contribution >= 4 is 11.8 Å². The van der Waals surface area contributed by atoms with Crippen molar-refractivity contribution in [1.82, 2.24) is 20.0 Å². The molecule has 0 spiro atoms. The Morgan fingerprint density at radius 1 is 0.974 bits per heavy atom. The molecular formula is C30H30N4O4. The Labute approximate surface area is 221 Å². The maximum Gasteiger partial charge on any atom is 0.273 e. The third-order valence-corrected chi connectivity index (χ3v) is 6.99. The smallest absolute Gasteiger partial charge is 0.273 e. The summed E-state index contributed by atoms with van der Waals surface area (Å²) in [6.45, 7) is 2.58. The van der Waals surface area contributed by atoms with Gasteiger partial charge in [-0.05, 0) is 48.9 Å². The number of aromatic nitrogens is 2. The Kier molecular flexibility index (Phi) is 6.87.